The molecule has 0 atom stereocenters. The molecule has 2 aromatic rings. The van der Waals surface area contributed by atoms with Crippen LogP contribution in [0.4, 0.5) is 5.69 Å². The number of pyridine rings is 1. The summed E-state index contributed by atoms with van der Waals surface area (Å²) in [7, 11) is 0. The summed E-state index contributed by atoms with van der Waals surface area (Å²) in [5, 5.41) is 0. The molecule has 4 heteroatoms. The molecular formula is C12H11BrN2O. The summed E-state index contributed by atoms with van der Waals surface area (Å²) >= 11 is 3.47. The van der Waals surface area contributed by atoms with E-state index in [1.807, 2.05) is 35.8 Å². The summed E-state index contributed by atoms with van der Waals surface area (Å²) in [4.78, 5) is 11.4. The minimum Gasteiger partial charge on any atom is -0.394 e. The van der Waals surface area contributed by atoms with Gasteiger partial charge in [-0.1, -0.05) is 12.1 Å². The molecule has 0 saturated heterocycles. The molecule has 0 fully saturated rings. The van der Waals surface area contributed by atoms with Gasteiger partial charge in [-0.3, -0.25) is 4.79 Å². The summed E-state index contributed by atoms with van der Waals surface area (Å²) in [6, 6.07) is 9.32. The normalized spacial score (nSPS) is 10.4. The Labute approximate surface area is 102 Å². The number of halogens is 1. The molecule has 16 heavy (non-hydrogen) atoms. The van der Waals surface area contributed by atoms with Gasteiger partial charge in [0, 0.05) is 22.4 Å². The Balaban J connectivity index is 2.70. The minimum atomic E-state index is -0.138. The molecule has 1 heterocycles. The zero-order valence-corrected chi connectivity index (χ0v) is 10.4. The molecule has 3 nitrogen and oxygen atoms in total. The lowest BCUT2D eigenvalue weighted by Gasteiger charge is -2.12. The number of hydrogen-bond donors (Lipinski definition) is 1. The lowest BCUT2D eigenvalue weighted by atomic mass is 10.2. The molecule has 0 spiro atoms. The van der Waals surface area contributed by atoms with E-state index in [-0.39, 0.29) is 11.1 Å². The van der Waals surface area contributed by atoms with Crippen LogP contribution in [-0.2, 0) is 0 Å². The van der Waals surface area contributed by atoms with Crippen molar-refractivity contribution in [2.24, 2.45) is 0 Å². The molecule has 1 aromatic carbocycles. The fourth-order valence-corrected chi connectivity index (χ4v) is 2.03. The number of rotatable bonds is 1. The van der Waals surface area contributed by atoms with Gasteiger partial charge >= 0.3 is 0 Å². The largest absolute Gasteiger partial charge is 0.394 e. The van der Waals surface area contributed by atoms with Gasteiger partial charge in [-0.25, -0.2) is 0 Å². The van der Waals surface area contributed by atoms with Crippen LogP contribution in [0, 0.1) is 6.92 Å². The van der Waals surface area contributed by atoms with Crippen LogP contribution in [-0.4, -0.2) is 4.57 Å². The van der Waals surface area contributed by atoms with Crippen LogP contribution < -0.4 is 11.2 Å². The first-order valence-electron chi connectivity index (χ1n) is 4.83. The fraction of sp³-hybridized carbons (Fsp3) is 0.0833. The van der Waals surface area contributed by atoms with Crippen LogP contribution >= 0.6 is 15.9 Å². The van der Waals surface area contributed by atoms with Crippen molar-refractivity contribution in [2.75, 3.05) is 5.73 Å². The number of nitrogens with two attached hydrogens (primary N) is 1. The molecule has 0 radical (unpaired) electrons. The van der Waals surface area contributed by atoms with E-state index in [0.29, 0.717) is 0 Å². The maximum atomic E-state index is 11.4. The first-order chi connectivity index (χ1) is 7.59. The van der Waals surface area contributed by atoms with E-state index in [9.17, 15) is 4.79 Å². The van der Waals surface area contributed by atoms with Crippen molar-refractivity contribution in [1.29, 1.82) is 0 Å². The predicted octanol–water partition coefficient (Wildman–Crippen LogP) is 2.49. The van der Waals surface area contributed by atoms with Crippen LogP contribution in [0.15, 0.2) is 45.8 Å². The standard InChI is InChI=1S/C12H11BrN2O/c1-8-6-12(16)10(14)7-15(8)11-5-3-2-4-9(11)13/h2-7H,14H2,1H3. The van der Waals surface area contributed by atoms with Gasteiger partial charge < -0.3 is 10.3 Å². The molecule has 0 unspecified atom stereocenters. The highest BCUT2D eigenvalue weighted by Gasteiger charge is 2.05. The number of nitrogen functional groups attached to an aromatic ring is 1. The van der Waals surface area contributed by atoms with Crippen molar-refractivity contribution < 1.29 is 0 Å². The average molecular weight is 279 g/mol. The van der Waals surface area contributed by atoms with E-state index in [4.69, 9.17) is 5.73 Å². The van der Waals surface area contributed by atoms with Crippen molar-refractivity contribution >= 4 is 21.6 Å². The summed E-state index contributed by atoms with van der Waals surface area (Å²) in [6.07, 6.45) is 1.65. The van der Waals surface area contributed by atoms with Crippen molar-refractivity contribution in [1.82, 2.24) is 4.57 Å². The van der Waals surface area contributed by atoms with Gasteiger partial charge in [-0.2, -0.15) is 0 Å². The van der Waals surface area contributed by atoms with Gasteiger partial charge in [-0.05, 0) is 35.0 Å². The number of hydrogen-bond acceptors (Lipinski definition) is 2. The molecule has 0 saturated carbocycles. The highest BCUT2D eigenvalue weighted by Crippen LogP contribution is 2.21. The van der Waals surface area contributed by atoms with Gasteiger partial charge in [0.1, 0.15) is 0 Å². The van der Waals surface area contributed by atoms with E-state index in [1.165, 1.54) is 6.07 Å². The Hall–Kier alpha value is -1.55. The molecule has 0 bridgehead atoms. The summed E-state index contributed by atoms with van der Waals surface area (Å²) in [5.41, 5.74) is 7.56. The molecule has 0 aliphatic carbocycles. The summed E-state index contributed by atoms with van der Waals surface area (Å²) in [5.74, 6) is 0. The van der Waals surface area contributed by atoms with Crippen LogP contribution in [0.2, 0.25) is 0 Å². The van der Waals surface area contributed by atoms with E-state index in [2.05, 4.69) is 15.9 Å². The monoisotopic (exact) mass is 278 g/mol. The Morgan fingerprint density at radius 1 is 1.31 bits per heavy atom. The predicted molar refractivity (Wildman–Crippen MR) is 68.9 cm³/mol. The Morgan fingerprint density at radius 2 is 2.00 bits per heavy atom. The van der Waals surface area contributed by atoms with E-state index >= 15 is 0 Å². The highest BCUT2D eigenvalue weighted by atomic mass is 79.9. The fourth-order valence-electron chi connectivity index (χ4n) is 1.55. The van der Waals surface area contributed by atoms with Crippen LogP contribution in [0.3, 0.4) is 0 Å². The van der Waals surface area contributed by atoms with Crippen molar-refractivity contribution in [3.63, 3.8) is 0 Å². The zero-order valence-electron chi connectivity index (χ0n) is 8.77. The number of anilines is 1. The maximum Gasteiger partial charge on any atom is 0.204 e. The number of aromatic nitrogens is 1. The topological polar surface area (TPSA) is 48.0 Å². The van der Waals surface area contributed by atoms with Crippen molar-refractivity contribution in [2.45, 2.75) is 6.92 Å². The number of nitrogens with zero attached hydrogens (tertiary/aromatic N) is 1. The average Bonchev–Trinajstić information content (AvgIpc) is 2.25. The highest BCUT2D eigenvalue weighted by molar-refractivity contribution is 9.10. The molecule has 1 aromatic heterocycles. The van der Waals surface area contributed by atoms with Crippen molar-refractivity contribution in [3.8, 4) is 5.69 Å². The van der Waals surface area contributed by atoms with Crippen LogP contribution in [0.25, 0.3) is 5.69 Å². The third-order valence-corrected chi connectivity index (χ3v) is 3.06. The second-order valence-corrected chi connectivity index (χ2v) is 4.41. The van der Waals surface area contributed by atoms with Gasteiger partial charge in [0.15, 0.2) is 0 Å². The third kappa shape index (κ3) is 1.88. The second kappa shape index (κ2) is 4.14. The molecule has 82 valence electrons. The Bertz CT molecular complexity index is 590. The zero-order chi connectivity index (χ0) is 11.7. The maximum absolute atomic E-state index is 11.4. The van der Waals surface area contributed by atoms with Gasteiger partial charge in [0.25, 0.3) is 0 Å². The minimum absolute atomic E-state index is 0.138. The second-order valence-electron chi connectivity index (χ2n) is 3.56. The first-order valence-corrected chi connectivity index (χ1v) is 5.62. The number of para-hydroxylation sites is 1. The smallest absolute Gasteiger partial charge is 0.204 e. The summed E-state index contributed by atoms with van der Waals surface area (Å²) < 4.78 is 2.85. The molecular weight excluding hydrogens is 268 g/mol. The van der Waals surface area contributed by atoms with Crippen LogP contribution in [0.1, 0.15) is 5.69 Å². The van der Waals surface area contributed by atoms with Crippen LogP contribution in [0.5, 0.6) is 0 Å². The van der Waals surface area contributed by atoms with Gasteiger partial charge in [-0.15, -0.1) is 0 Å². The lowest BCUT2D eigenvalue weighted by molar-refractivity contribution is 0.972. The number of benzene rings is 1. The van der Waals surface area contributed by atoms with E-state index < -0.39 is 0 Å². The first kappa shape index (κ1) is 11.0. The molecule has 2 N–H and O–H groups in total. The van der Waals surface area contributed by atoms with Crippen molar-refractivity contribution in [3.05, 3.63) is 56.9 Å². The third-order valence-electron chi connectivity index (χ3n) is 2.38. The van der Waals surface area contributed by atoms with E-state index in [0.717, 1.165) is 15.9 Å². The molecule has 2 rings (SSSR count). The summed E-state index contributed by atoms with van der Waals surface area (Å²) in [6.45, 7) is 1.88. The molecule has 0 aliphatic heterocycles. The van der Waals surface area contributed by atoms with Gasteiger partial charge in [0.2, 0.25) is 5.43 Å². The van der Waals surface area contributed by atoms with E-state index in [1.54, 1.807) is 6.20 Å². The number of aryl methyl sites for hydroxylation is 1. The quantitative estimate of drug-likeness (QED) is 0.871. The van der Waals surface area contributed by atoms with Gasteiger partial charge in [0.05, 0.1) is 11.4 Å². The lowest BCUT2D eigenvalue weighted by Crippen LogP contribution is -2.13. The molecule has 0 aliphatic rings. The Kier molecular flexibility index (Phi) is 2.83. The SMILES string of the molecule is Cc1cc(=O)c(N)cn1-c1ccccc1Br. The molecule has 0 amide bonds. The Morgan fingerprint density at radius 3 is 2.69 bits per heavy atom.